The van der Waals surface area contributed by atoms with E-state index in [1.54, 1.807) is 0 Å². The second-order valence-corrected chi connectivity index (χ2v) is 2.68. The van der Waals surface area contributed by atoms with E-state index >= 15 is 0 Å². The van der Waals surface area contributed by atoms with E-state index in [1.807, 2.05) is 0 Å². The Morgan fingerprint density at radius 1 is 1.71 bits per heavy atom. The van der Waals surface area contributed by atoms with Crippen molar-refractivity contribution in [2.45, 2.75) is 12.6 Å². The first-order chi connectivity index (χ1) is 2.94. The van der Waals surface area contributed by atoms with Crippen molar-refractivity contribution in [3.8, 4) is 0 Å². The number of hydrogen-bond donors (Lipinski definition) is 1. The number of hydrogen-bond acceptors (Lipinski definition) is 1. The van der Waals surface area contributed by atoms with Gasteiger partial charge in [0.05, 0.1) is 0 Å². The predicted octanol–water partition coefficient (Wildman–Crippen LogP) is 1.07. The fraction of sp³-hybridized carbons (Fsp3) is 1.00. The van der Waals surface area contributed by atoms with Gasteiger partial charge in [-0.05, 0) is 0 Å². The van der Waals surface area contributed by atoms with Gasteiger partial charge in [0.15, 0.2) is 0 Å². The maximum absolute atomic E-state index is 11.3. The molecule has 0 rings (SSSR count). The molecule has 0 fully saturated rings. The second kappa shape index (κ2) is 1.88. The van der Waals surface area contributed by atoms with Crippen molar-refractivity contribution in [1.82, 2.24) is 0 Å². The lowest BCUT2D eigenvalue weighted by molar-refractivity contribution is 0.105. The van der Waals surface area contributed by atoms with E-state index in [0.29, 0.717) is 6.92 Å². The molecule has 44 valence electrons. The minimum absolute atomic E-state index is 0.411. The zero-order valence-electron chi connectivity index (χ0n) is 3.61. The summed E-state index contributed by atoms with van der Waals surface area (Å²) in [5.41, 5.74) is -3.40. The molecule has 5 heteroatoms. The third-order valence-corrected chi connectivity index (χ3v) is 1.13. The molecule has 0 aromatic heterocycles. The van der Waals surface area contributed by atoms with Gasteiger partial charge in [0.25, 0.3) is 8.03 Å². The average Bonchev–Trinajstić information content (AvgIpc) is 1.31. The molecule has 1 N–H and O–H groups in total. The first-order valence-corrected chi connectivity index (χ1v) is 2.91. The van der Waals surface area contributed by atoms with Gasteiger partial charge >= 0.3 is 5.66 Å². The van der Waals surface area contributed by atoms with Gasteiger partial charge in [0, 0.05) is 6.92 Å². The SMILES string of the molecule is CC(F)(F)[PH](=O)O. The fourth-order valence-corrected chi connectivity index (χ4v) is 0. The highest BCUT2D eigenvalue weighted by molar-refractivity contribution is 7.39. The largest absolute Gasteiger partial charge is 0.342 e. The van der Waals surface area contributed by atoms with Crippen LogP contribution in [0, 0.1) is 0 Å². The highest BCUT2D eigenvalue weighted by atomic mass is 31.1. The molecule has 0 aliphatic carbocycles. The van der Waals surface area contributed by atoms with Gasteiger partial charge in [0.1, 0.15) is 0 Å². The Hall–Kier alpha value is 0.0500. The molecule has 0 saturated carbocycles. The summed E-state index contributed by atoms with van der Waals surface area (Å²) in [7, 11) is -3.63. The predicted molar refractivity (Wildman–Crippen MR) is 21.8 cm³/mol. The summed E-state index contributed by atoms with van der Waals surface area (Å²) in [5.74, 6) is 0. The van der Waals surface area contributed by atoms with E-state index < -0.39 is 13.7 Å². The Morgan fingerprint density at radius 3 is 1.86 bits per heavy atom. The zero-order chi connectivity index (χ0) is 6.08. The minimum atomic E-state index is -3.63. The highest BCUT2D eigenvalue weighted by Crippen LogP contribution is 2.36. The van der Waals surface area contributed by atoms with Crippen molar-refractivity contribution < 1.29 is 18.2 Å². The standard InChI is InChI=1S/C2H5F2O2P/c1-2(3,4)7(5)6/h7H,1H3,(H,5,6). The van der Waals surface area contributed by atoms with Crippen molar-refractivity contribution in [2.75, 3.05) is 0 Å². The summed E-state index contributed by atoms with van der Waals surface area (Å²) in [6, 6.07) is 0. The quantitative estimate of drug-likeness (QED) is 0.539. The summed E-state index contributed by atoms with van der Waals surface area (Å²) in [4.78, 5) is 7.69. The lowest BCUT2D eigenvalue weighted by Gasteiger charge is -2.01. The van der Waals surface area contributed by atoms with Crippen LogP contribution in [0.15, 0.2) is 0 Å². The zero-order valence-corrected chi connectivity index (χ0v) is 4.61. The Balaban J connectivity index is 3.79. The number of halogens is 2. The van der Waals surface area contributed by atoms with Crippen LogP contribution < -0.4 is 0 Å². The molecule has 0 aliphatic heterocycles. The van der Waals surface area contributed by atoms with Gasteiger partial charge in [-0.15, -0.1) is 0 Å². The van der Waals surface area contributed by atoms with Crippen LogP contribution in [-0.4, -0.2) is 10.6 Å². The lowest BCUT2D eigenvalue weighted by atomic mass is 10.9. The molecule has 1 atom stereocenters. The highest BCUT2D eigenvalue weighted by Gasteiger charge is 2.27. The summed E-state index contributed by atoms with van der Waals surface area (Å²) in [6.07, 6.45) is 0. The fourth-order valence-electron chi connectivity index (χ4n) is 0. The van der Waals surface area contributed by atoms with E-state index in [-0.39, 0.29) is 0 Å². The van der Waals surface area contributed by atoms with Crippen molar-refractivity contribution in [1.29, 1.82) is 0 Å². The second-order valence-electron chi connectivity index (χ2n) is 1.19. The van der Waals surface area contributed by atoms with Crippen LogP contribution in [0.5, 0.6) is 0 Å². The van der Waals surface area contributed by atoms with E-state index in [9.17, 15) is 13.3 Å². The molecule has 2 nitrogen and oxygen atoms in total. The molecule has 0 amide bonds. The smallest absolute Gasteiger partial charge is 0.316 e. The van der Waals surface area contributed by atoms with Crippen molar-refractivity contribution in [2.24, 2.45) is 0 Å². The molecule has 0 saturated heterocycles. The third-order valence-electron chi connectivity index (χ3n) is 0.376. The Kier molecular flexibility index (Phi) is 1.90. The summed E-state index contributed by atoms with van der Waals surface area (Å²) in [5, 5.41) is 0. The van der Waals surface area contributed by atoms with Gasteiger partial charge in [-0.1, -0.05) is 0 Å². The molecule has 7 heavy (non-hydrogen) atoms. The molecular weight excluding hydrogens is 125 g/mol. The number of rotatable bonds is 1. The van der Waals surface area contributed by atoms with Crippen LogP contribution in [0.25, 0.3) is 0 Å². The molecule has 0 aromatic carbocycles. The van der Waals surface area contributed by atoms with Gasteiger partial charge in [-0.25, -0.2) is 0 Å². The first kappa shape index (κ1) is 7.05. The monoisotopic (exact) mass is 130 g/mol. The summed E-state index contributed by atoms with van der Waals surface area (Å²) >= 11 is 0. The average molecular weight is 130 g/mol. The molecule has 0 bridgehead atoms. The molecular formula is C2H5F2O2P. The topological polar surface area (TPSA) is 37.3 Å². The summed E-state index contributed by atoms with van der Waals surface area (Å²) < 4.78 is 32.1. The van der Waals surface area contributed by atoms with Crippen LogP contribution >= 0.6 is 8.03 Å². The van der Waals surface area contributed by atoms with Crippen molar-refractivity contribution >= 4 is 8.03 Å². The van der Waals surface area contributed by atoms with Crippen LogP contribution in [0.2, 0.25) is 0 Å². The minimum Gasteiger partial charge on any atom is -0.342 e. The van der Waals surface area contributed by atoms with Gasteiger partial charge in [-0.3, -0.25) is 4.57 Å². The van der Waals surface area contributed by atoms with Gasteiger partial charge < -0.3 is 4.89 Å². The van der Waals surface area contributed by atoms with Gasteiger partial charge in [0.2, 0.25) is 0 Å². The van der Waals surface area contributed by atoms with Crippen molar-refractivity contribution in [3.63, 3.8) is 0 Å². The third kappa shape index (κ3) is 2.71. The van der Waals surface area contributed by atoms with Crippen LogP contribution in [0.1, 0.15) is 6.92 Å². The summed E-state index contributed by atoms with van der Waals surface area (Å²) in [6.45, 7) is 0.411. The Morgan fingerprint density at radius 2 is 1.86 bits per heavy atom. The molecule has 0 aromatic rings. The van der Waals surface area contributed by atoms with E-state index in [0.717, 1.165) is 0 Å². The van der Waals surface area contributed by atoms with E-state index in [1.165, 1.54) is 0 Å². The molecule has 0 heterocycles. The van der Waals surface area contributed by atoms with Crippen LogP contribution in [-0.2, 0) is 4.57 Å². The first-order valence-electron chi connectivity index (χ1n) is 1.56. The maximum Gasteiger partial charge on any atom is 0.316 e. The van der Waals surface area contributed by atoms with E-state index in [4.69, 9.17) is 4.89 Å². The molecule has 0 radical (unpaired) electrons. The molecule has 1 unspecified atom stereocenters. The van der Waals surface area contributed by atoms with Crippen LogP contribution in [0.3, 0.4) is 0 Å². The lowest BCUT2D eigenvalue weighted by Crippen LogP contribution is -2.00. The van der Waals surface area contributed by atoms with Gasteiger partial charge in [-0.2, -0.15) is 8.78 Å². The van der Waals surface area contributed by atoms with E-state index in [2.05, 4.69) is 0 Å². The number of alkyl halides is 2. The molecule has 0 spiro atoms. The Bertz CT molecular complexity index is 86.2. The maximum atomic E-state index is 11.3. The molecule has 0 aliphatic rings. The Labute approximate surface area is 40.0 Å². The van der Waals surface area contributed by atoms with Crippen molar-refractivity contribution in [3.05, 3.63) is 0 Å². The van der Waals surface area contributed by atoms with Crippen LogP contribution in [0.4, 0.5) is 8.78 Å². The normalized spacial score (nSPS) is 16.6.